The Morgan fingerprint density at radius 3 is 2.67 bits per heavy atom. The van der Waals surface area contributed by atoms with Gasteiger partial charge in [-0.25, -0.2) is 4.79 Å². The van der Waals surface area contributed by atoms with Gasteiger partial charge < -0.3 is 14.4 Å². The zero-order chi connectivity index (χ0) is 14.8. The molecule has 2 heterocycles. The lowest BCUT2D eigenvalue weighted by Crippen LogP contribution is -2.36. The van der Waals surface area contributed by atoms with E-state index < -0.39 is 0 Å². The summed E-state index contributed by atoms with van der Waals surface area (Å²) in [6, 6.07) is 6.40. The van der Waals surface area contributed by atoms with Gasteiger partial charge in [0.1, 0.15) is 0 Å². The van der Waals surface area contributed by atoms with E-state index in [2.05, 4.69) is 29.7 Å². The van der Waals surface area contributed by atoms with E-state index in [-0.39, 0.29) is 6.09 Å². The Morgan fingerprint density at radius 1 is 1.24 bits per heavy atom. The third-order valence-corrected chi connectivity index (χ3v) is 3.81. The fourth-order valence-corrected chi connectivity index (χ4v) is 2.74. The minimum atomic E-state index is -0.327. The van der Waals surface area contributed by atoms with Crippen LogP contribution in [0.15, 0.2) is 30.5 Å². The molecule has 0 atom stereocenters. The fraction of sp³-hybridized carbons (Fsp3) is 0.438. The maximum atomic E-state index is 11.9. The number of fused-ring (bicyclic) bond motifs is 1. The van der Waals surface area contributed by atoms with Crippen LogP contribution in [0.4, 0.5) is 10.5 Å². The number of nitrogens with zero attached hydrogens (tertiary/aromatic N) is 2. The molecule has 1 aromatic carbocycles. The Kier molecular flexibility index (Phi) is 3.84. The van der Waals surface area contributed by atoms with E-state index in [9.17, 15) is 4.79 Å². The van der Waals surface area contributed by atoms with Crippen LogP contribution in [-0.4, -0.2) is 37.3 Å². The summed E-state index contributed by atoms with van der Waals surface area (Å²) in [5, 5.41) is 0. The molecule has 1 aromatic rings. The summed E-state index contributed by atoms with van der Waals surface area (Å²) >= 11 is 0. The van der Waals surface area contributed by atoms with Gasteiger partial charge in [0.2, 0.25) is 0 Å². The van der Waals surface area contributed by atoms with Crippen LogP contribution in [0.1, 0.15) is 18.1 Å². The third-order valence-electron chi connectivity index (χ3n) is 3.81. The van der Waals surface area contributed by atoms with Gasteiger partial charge in [0, 0.05) is 31.9 Å². The van der Waals surface area contributed by atoms with E-state index in [4.69, 9.17) is 9.47 Å². The molecule has 0 saturated carbocycles. The van der Waals surface area contributed by atoms with E-state index in [1.165, 1.54) is 16.8 Å². The van der Waals surface area contributed by atoms with Gasteiger partial charge in [-0.3, -0.25) is 4.90 Å². The number of hydrogen-bond acceptors (Lipinski definition) is 4. The Balaban J connectivity index is 1.71. The molecule has 1 fully saturated rings. The molecule has 5 nitrogen and oxygen atoms in total. The fourth-order valence-electron chi connectivity index (χ4n) is 2.74. The molecule has 2 aliphatic heterocycles. The lowest BCUT2D eigenvalue weighted by atomic mass is 10.1. The van der Waals surface area contributed by atoms with Crippen molar-refractivity contribution in [1.82, 2.24) is 4.90 Å². The van der Waals surface area contributed by atoms with Crippen LogP contribution in [0.2, 0.25) is 0 Å². The zero-order valence-electron chi connectivity index (χ0n) is 12.3. The molecule has 21 heavy (non-hydrogen) atoms. The van der Waals surface area contributed by atoms with Crippen LogP contribution in [0.5, 0.6) is 0 Å². The Hall–Kier alpha value is -2.01. The Labute approximate surface area is 124 Å². The van der Waals surface area contributed by atoms with Crippen molar-refractivity contribution in [2.24, 2.45) is 0 Å². The zero-order valence-corrected chi connectivity index (χ0v) is 12.3. The number of allylic oxidation sites excluding steroid dienone is 1. The van der Waals surface area contributed by atoms with Crippen LogP contribution < -0.4 is 4.90 Å². The molecule has 0 unspecified atom stereocenters. The standard InChI is InChI=1S/C16H20N2O3/c1-12(2)21-16(19)18-10-13-3-4-15(9-14(13)11-18)17-5-7-20-8-6-17/h3-4,9H,1,5-8,10-11H2,2H3. The van der Waals surface area contributed by atoms with Crippen LogP contribution >= 0.6 is 0 Å². The molecule has 0 bridgehead atoms. The van der Waals surface area contributed by atoms with E-state index in [1.54, 1.807) is 11.8 Å². The molecule has 1 amide bonds. The molecule has 112 valence electrons. The van der Waals surface area contributed by atoms with Gasteiger partial charge in [0.05, 0.1) is 19.0 Å². The highest BCUT2D eigenvalue weighted by atomic mass is 16.6. The van der Waals surface area contributed by atoms with E-state index >= 15 is 0 Å². The molecule has 0 N–H and O–H groups in total. The lowest BCUT2D eigenvalue weighted by Gasteiger charge is -2.29. The SMILES string of the molecule is C=C(C)OC(=O)N1Cc2ccc(N3CCOCC3)cc2C1. The molecule has 0 radical (unpaired) electrons. The van der Waals surface area contributed by atoms with E-state index in [1.807, 2.05) is 0 Å². The predicted molar refractivity (Wildman–Crippen MR) is 80.0 cm³/mol. The second kappa shape index (κ2) is 5.77. The molecule has 2 aliphatic rings. The van der Waals surface area contributed by atoms with Crippen molar-refractivity contribution in [2.45, 2.75) is 20.0 Å². The van der Waals surface area contributed by atoms with Crippen molar-refractivity contribution in [2.75, 3.05) is 31.2 Å². The normalized spacial score (nSPS) is 17.6. The summed E-state index contributed by atoms with van der Waals surface area (Å²) in [4.78, 5) is 15.9. The number of rotatable bonds is 2. The summed E-state index contributed by atoms with van der Waals surface area (Å²) < 4.78 is 10.5. The summed E-state index contributed by atoms with van der Waals surface area (Å²) in [6.07, 6.45) is -0.327. The first kappa shape index (κ1) is 13.9. The monoisotopic (exact) mass is 288 g/mol. The van der Waals surface area contributed by atoms with Crippen molar-refractivity contribution >= 4 is 11.8 Å². The largest absolute Gasteiger partial charge is 0.416 e. The number of amides is 1. The van der Waals surface area contributed by atoms with Gasteiger partial charge in [0.25, 0.3) is 0 Å². The first-order valence-electron chi connectivity index (χ1n) is 7.20. The Bertz CT molecular complexity index is 565. The quantitative estimate of drug-likeness (QED) is 0.784. The maximum absolute atomic E-state index is 11.9. The first-order chi connectivity index (χ1) is 10.1. The van der Waals surface area contributed by atoms with Crippen molar-refractivity contribution in [3.63, 3.8) is 0 Å². The summed E-state index contributed by atoms with van der Waals surface area (Å²) in [5.74, 6) is 0.421. The highest BCUT2D eigenvalue weighted by Gasteiger charge is 2.25. The van der Waals surface area contributed by atoms with Crippen LogP contribution in [0.3, 0.4) is 0 Å². The van der Waals surface area contributed by atoms with Crippen molar-refractivity contribution < 1.29 is 14.3 Å². The number of ether oxygens (including phenoxy) is 2. The third kappa shape index (κ3) is 3.03. The number of hydrogen-bond donors (Lipinski definition) is 0. The number of carbonyl (C=O) groups is 1. The van der Waals surface area contributed by atoms with Crippen LogP contribution in [0, 0.1) is 0 Å². The lowest BCUT2D eigenvalue weighted by molar-refractivity contribution is 0.122. The molecule has 0 aliphatic carbocycles. The molecule has 1 saturated heterocycles. The number of benzene rings is 1. The van der Waals surface area contributed by atoms with E-state index in [0.29, 0.717) is 18.8 Å². The molecule has 5 heteroatoms. The topological polar surface area (TPSA) is 42.0 Å². The molecule has 0 aromatic heterocycles. The molecular weight excluding hydrogens is 268 g/mol. The first-order valence-corrected chi connectivity index (χ1v) is 7.20. The van der Waals surface area contributed by atoms with Gasteiger partial charge in [0.15, 0.2) is 0 Å². The van der Waals surface area contributed by atoms with Gasteiger partial charge >= 0.3 is 6.09 Å². The van der Waals surface area contributed by atoms with Gasteiger partial charge in [-0.05, 0) is 30.2 Å². The minimum absolute atomic E-state index is 0.327. The van der Waals surface area contributed by atoms with Gasteiger partial charge in [-0.2, -0.15) is 0 Å². The number of morpholine rings is 1. The number of carbonyl (C=O) groups excluding carboxylic acids is 1. The van der Waals surface area contributed by atoms with Gasteiger partial charge in [-0.1, -0.05) is 12.6 Å². The molecular formula is C16H20N2O3. The average Bonchev–Trinajstić information content (AvgIpc) is 2.90. The second-order valence-electron chi connectivity index (χ2n) is 5.48. The maximum Gasteiger partial charge on any atom is 0.415 e. The van der Waals surface area contributed by atoms with Crippen molar-refractivity contribution in [1.29, 1.82) is 0 Å². The van der Waals surface area contributed by atoms with Crippen molar-refractivity contribution in [3.05, 3.63) is 41.7 Å². The highest BCUT2D eigenvalue weighted by Crippen LogP contribution is 2.28. The summed E-state index contributed by atoms with van der Waals surface area (Å²) in [7, 11) is 0. The second-order valence-corrected chi connectivity index (χ2v) is 5.48. The van der Waals surface area contributed by atoms with Crippen molar-refractivity contribution in [3.8, 4) is 0 Å². The highest BCUT2D eigenvalue weighted by molar-refractivity contribution is 5.70. The summed E-state index contributed by atoms with van der Waals surface area (Å²) in [6.45, 7) is 9.86. The Morgan fingerprint density at radius 2 is 1.95 bits per heavy atom. The average molecular weight is 288 g/mol. The molecule has 3 rings (SSSR count). The van der Waals surface area contributed by atoms with Gasteiger partial charge in [-0.15, -0.1) is 0 Å². The van der Waals surface area contributed by atoms with Crippen LogP contribution in [-0.2, 0) is 22.6 Å². The predicted octanol–water partition coefficient (Wildman–Crippen LogP) is 2.51. The van der Waals surface area contributed by atoms with E-state index in [0.717, 1.165) is 26.3 Å². The molecule has 0 spiro atoms. The minimum Gasteiger partial charge on any atom is -0.416 e. The smallest absolute Gasteiger partial charge is 0.415 e. The summed E-state index contributed by atoms with van der Waals surface area (Å²) in [5.41, 5.74) is 3.58. The number of anilines is 1. The van der Waals surface area contributed by atoms with Crippen LogP contribution in [0.25, 0.3) is 0 Å².